The molecule has 0 aliphatic heterocycles. The Balaban J connectivity index is 1.92. The molecule has 0 aliphatic rings. The fourth-order valence-corrected chi connectivity index (χ4v) is 2.35. The Morgan fingerprint density at radius 3 is 2.80 bits per heavy atom. The van der Waals surface area contributed by atoms with Crippen LogP contribution in [-0.4, -0.2) is 12.5 Å². The summed E-state index contributed by atoms with van der Waals surface area (Å²) in [6.45, 7) is -0.102. The summed E-state index contributed by atoms with van der Waals surface area (Å²) in [7, 11) is 0. The lowest BCUT2D eigenvalue weighted by atomic mass is 10.3. The Hall–Kier alpha value is -1.72. The molecule has 0 heterocycles. The maximum absolute atomic E-state index is 11.8. The molecule has 2 aromatic rings. The molecule has 0 aromatic heterocycles. The van der Waals surface area contributed by atoms with Crippen LogP contribution in [-0.2, 0) is 4.79 Å². The van der Waals surface area contributed by atoms with Crippen LogP contribution in [0.1, 0.15) is 0 Å². The van der Waals surface area contributed by atoms with Gasteiger partial charge in [0.25, 0.3) is 5.91 Å². The van der Waals surface area contributed by atoms with E-state index >= 15 is 0 Å². The first-order valence-electron chi connectivity index (χ1n) is 5.78. The highest BCUT2D eigenvalue weighted by Gasteiger charge is 2.06. The SMILES string of the molecule is Nc1cccc(NC(=O)COc2ccc(Cl)cc2Br)c1. The van der Waals surface area contributed by atoms with Crippen molar-refractivity contribution in [1.82, 2.24) is 0 Å². The summed E-state index contributed by atoms with van der Waals surface area (Å²) in [5.41, 5.74) is 6.85. The Kier molecular flexibility index (Phi) is 4.87. The zero-order valence-corrected chi connectivity index (χ0v) is 12.7. The van der Waals surface area contributed by atoms with Crippen molar-refractivity contribution in [2.75, 3.05) is 17.7 Å². The summed E-state index contributed by atoms with van der Waals surface area (Å²) in [4.78, 5) is 11.8. The minimum atomic E-state index is -0.266. The third-order valence-electron chi connectivity index (χ3n) is 2.42. The van der Waals surface area contributed by atoms with Crippen LogP contribution >= 0.6 is 27.5 Å². The van der Waals surface area contributed by atoms with E-state index in [0.29, 0.717) is 26.6 Å². The molecule has 4 nitrogen and oxygen atoms in total. The monoisotopic (exact) mass is 354 g/mol. The van der Waals surface area contributed by atoms with Crippen molar-refractivity contribution in [1.29, 1.82) is 0 Å². The van der Waals surface area contributed by atoms with Crippen LogP contribution in [0.3, 0.4) is 0 Å². The molecule has 2 aromatic carbocycles. The van der Waals surface area contributed by atoms with Gasteiger partial charge in [-0.25, -0.2) is 0 Å². The summed E-state index contributed by atoms with van der Waals surface area (Å²) < 4.78 is 6.10. The van der Waals surface area contributed by atoms with E-state index in [4.69, 9.17) is 22.1 Å². The van der Waals surface area contributed by atoms with Gasteiger partial charge in [0.05, 0.1) is 4.47 Å². The van der Waals surface area contributed by atoms with Gasteiger partial charge in [0.15, 0.2) is 6.61 Å². The number of hydrogen-bond donors (Lipinski definition) is 2. The van der Waals surface area contributed by atoms with Gasteiger partial charge in [-0.2, -0.15) is 0 Å². The lowest BCUT2D eigenvalue weighted by Crippen LogP contribution is -2.20. The zero-order valence-electron chi connectivity index (χ0n) is 10.4. The normalized spacial score (nSPS) is 10.1. The number of nitrogens with two attached hydrogens (primary N) is 1. The number of carbonyl (C=O) groups excluding carboxylic acids is 1. The summed E-state index contributed by atoms with van der Waals surface area (Å²) in [6, 6.07) is 12.0. The van der Waals surface area contributed by atoms with Gasteiger partial charge in [-0.05, 0) is 52.3 Å². The molecule has 0 aliphatic carbocycles. The Labute approximate surface area is 130 Å². The van der Waals surface area contributed by atoms with Crippen LogP contribution in [0.5, 0.6) is 5.75 Å². The van der Waals surface area contributed by atoms with E-state index in [1.54, 1.807) is 42.5 Å². The maximum Gasteiger partial charge on any atom is 0.262 e. The van der Waals surface area contributed by atoms with E-state index in [-0.39, 0.29) is 12.5 Å². The van der Waals surface area contributed by atoms with Crippen molar-refractivity contribution in [3.05, 3.63) is 52.0 Å². The van der Waals surface area contributed by atoms with Gasteiger partial charge in [-0.3, -0.25) is 4.79 Å². The first kappa shape index (κ1) is 14.7. The molecule has 6 heteroatoms. The van der Waals surface area contributed by atoms with Crippen LogP contribution in [0.15, 0.2) is 46.9 Å². The molecular formula is C14H12BrClN2O2. The van der Waals surface area contributed by atoms with Gasteiger partial charge >= 0.3 is 0 Å². The van der Waals surface area contributed by atoms with E-state index < -0.39 is 0 Å². The predicted octanol–water partition coefficient (Wildman–Crippen LogP) is 3.70. The molecule has 104 valence electrons. The minimum absolute atomic E-state index is 0.102. The van der Waals surface area contributed by atoms with Crippen molar-refractivity contribution in [2.24, 2.45) is 0 Å². The topological polar surface area (TPSA) is 64.3 Å². The third kappa shape index (κ3) is 4.15. The molecule has 0 fully saturated rings. The number of amides is 1. The molecule has 0 unspecified atom stereocenters. The molecule has 0 radical (unpaired) electrons. The molecule has 1 amide bonds. The number of nitrogen functional groups attached to an aromatic ring is 1. The van der Waals surface area contributed by atoms with Crippen molar-refractivity contribution >= 4 is 44.8 Å². The molecule has 0 saturated heterocycles. The van der Waals surface area contributed by atoms with E-state index in [0.717, 1.165) is 0 Å². The number of carbonyl (C=O) groups is 1. The number of ether oxygens (including phenoxy) is 1. The Morgan fingerprint density at radius 1 is 1.30 bits per heavy atom. The highest BCUT2D eigenvalue weighted by Crippen LogP contribution is 2.27. The van der Waals surface area contributed by atoms with Gasteiger partial charge < -0.3 is 15.8 Å². The Morgan fingerprint density at radius 2 is 2.10 bits per heavy atom. The van der Waals surface area contributed by atoms with Crippen LogP contribution in [0, 0.1) is 0 Å². The first-order chi connectivity index (χ1) is 9.54. The van der Waals surface area contributed by atoms with Crippen molar-refractivity contribution < 1.29 is 9.53 Å². The zero-order chi connectivity index (χ0) is 14.5. The van der Waals surface area contributed by atoms with E-state index in [2.05, 4.69) is 21.2 Å². The maximum atomic E-state index is 11.8. The second kappa shape index (κ2) is 6.63. The minimum Gasteiger partial charge on any atom is -0.483 e. The lowest BCUT2D eigenvalue weighted by molar-refractivity contribution is -0.118. The number of hydrogen-bond acceptors (Lipinski definition) is 3. The van der Waals surface area contributed by atoms with E-state index in [9.17, 15) is 4.79 Å². The average molecular weight is 356 g/mol. The van der Waals surface area contributed by atoms with Gasteiger partial charge in [-0.1, -0.05) is 17.7 Å². The van der Waals surface area contributed by atoms with Gasteiger partial charge in [0, 0.05) is 16.4 Å². The number of rotatable bonds is 4. The largest absolute Gasteiger partial charge is 0.483 e. The number of anilines is 2. The number of nitrogens with one attached hydrogen (secondary N) is 1. The molecule has 20 heavy (non-hydrogen) atoms. The van der Waals surface area contributed by atoms with Crippen LogP contribution in [0.2, 0.25) is 5.02 Å². The van der Waals surface area contributed by atoms with Crippen molar-refractivity contribution in [3.63, 3.8) is 0 Å². The fourth-order valence-electron chi connectivity index (χ4n) is 1.55. The van der Waals surface area contributed by atoms with Gasteiger partial charge in [0.1, 0.15) is 5.75 Å². The van der Waals surface area contributed by atoms with E-state index in [1.165, 1.54) is 0 Å². The molecule has 0 bridgehead atoms. The second-order valence-corrected chi connectivity index (χ2v) is 5.33. The van der Waals surface area contributed by atoms with E-state index in [1.807, 2.05) is 0 Å². The van der Waals surface area contributed by atoms with Crippen molar-refractivity contribution in [3.8, 4) is 5.75 Å². The molecule has 3 N–H and O–H groups in total. The van der Waals surface area contributed by atoms with Crippen LogP contribution in [0.25, 0.3) is 0 Å². The molecule has 0 saturated carbocycles. The fraction of sp³-hybridized carbons (Fsp3) is 0.0714. The molecule has 0 spiro atoms. The van der Waals surface area contributed by atoms with Gasteiger partial charge in [0.2, 0.25) is 0 Å². The lowest BCUT2D eigenvalue weighted by Gasteiger charge is -2.09. The second-order valence-electron chi connectivity index (χ2n) is 4.04. The molecule has 0 atom stereocenters. The summed E-state index contributed by atoms with van der Waals surface area (Å²) in [6.07, 6.45) is 0. The molecule has 2 rings (SSSR count). The standard InChI is InChI=1S/C14H12BrClN2O2/c15-12-6-9(16)4-5-13(12)20-8-14(19)18-11-3-1-2-10(17)7-11/h1-7H,8,17H2,(H,18,19). The van der Waals surface area contributed by atoms with Crippen molar-refractivity contribution in [2.45, 2.75) is 0 Å². The Bertz CT molecular complexity index is 634. The summed E-state index contributed by atoms with van der Waals surface area (Å²) in [5.74, 6) is 0.287. The smallest absolute Gasteiger partial charge is 0.262 e. The summed E-state index contributed by atoms with van der Waals surface area (Å²) >= 11 is 9.14. The quantitative estimate of drug-likeness (QED) is 0.822. The third-order valence-corrected chi connectivity index (χ3v) is 3.28. The highest BCUT2D eigenvalue weighted by molar-refractivity contribution is 9.10. The van der Waals surface area contributed by atoms with Crippen LogP contribution < -0.4 is 15.8 Å². The number of halogens is 2. The first-order valence-corrected chi connectivity index (χ1v) is 6.95. The van der Waals surface area contributed by atoms with Gasteiger partial charge in [-0.15, -0.1) is 0 Å². The summed E-state index contributed by atoms with van der Waals surface area (Å²) in [5, 5.41) is 3.29. The number of benzene rings is 2. The molecular weight excluding hydrogens is 344 g/mol. The van der Waals surface area contributed by atoms with Crippen LogP contribution in [0.4, 0.5) is 11.4 Å². The highest BCUT2D eigenvalue weighted by atomic mass is 79.9. The predicted molar refractivity (Wildman–Crippen MR) is 84.1 cm³/mol. The average Bonchev–Trinajstić information content (AvgIpc) is 2.37.